The standard InChI is InChI=1S/C15H11BrF6N4O2S/c16-8-1-3-9(4-2-8)23-13(29)26-12-24-10(27-6-14(17,18)19)5-11(25-12)28-7-15(20,21)22/h1-5H,6-7H2,(H2,23,24,25,26,29). The number of nitrogens with one attached hydrogen (secondary N) is 2. The summed E-state index contributed by atoms with van der Waals surface area (Å²) in [5.74, 6) is -1.72. The molecule has 6 nitrogen and oxygen atoms in total. The normalized spacial score (nSPS) is 11.7. The maximum Gasteiger partial charge on any atom is 0.422 e. The van der Waals surface area contributed by atoms with Crippen molar-refractivity contribution in [2.24, 2.45) is 0 Å². The molecule has 2 N–H and O–H groups in total. The summed E-state index contributed by atoms with van der Waals surface area (Å²) in [6.07, 6.45) is -9.35. The van der Waals surface area contributed by atoms with Gasteiger partial charge in [0.25, 0.3) is 0 Å². The fourth-order valence-corrected chi connectivity index (χ4v) is 2.19. The Morgan fingerprint density at radius 3 is 1.83 bits per heavy atom. The number of nitrogens with zero attached hydrogens (tertiary/aromatic N) is 2. The molecule has 0 atom stereocenters. The van der Waals surface area contributed by atoms with Gasteiger partial charge in [0.05, 0.1) is 6.07 Å². The minimum atomic E-state index is -4.68. The largest absolute Gasteiger partial charge is 0.468 e. The van der Waals surface area contributed by atoms with Gasteiger partial charge in [0.15, 0.2) is 18.3 Å². The van der Waals surface area contributed by atoms with E-state index in [0.717, 1.165) is 4.47 Å². The van der Waals surface area contributed by atoms with E-state index >= 15 is 0 Å². The van der Waals surface area contributed by atoms with Crippen molar-refractivity contribution in [2.45, 2.75) is 12.4 Å². The van der Waals surface area contributed by atoms with E-state index in [1.165, 1.54) is 0 Å². The van der Waals surface area contributed by atoms with Crippen molar-refractivity contribution in [1.82, 2.24) is 9.97 Å². The van der Waals surface area contributed by atoms with Crippen molar-refractivity contribution in [1.29, 1.82) is 0 Å². The molecule has 0 spiro atoms. The smallest absolute Gasteiger partial charge is 0.422 e. The number of ether oxygens (including phenoxy) is 2. The molecule has 0 amide bonds. The van der Waals surface area contributed by atoms with Gasteiger partial charge in [0, 0.05) is 10.2 Å². The first-order chi connectivity index (χ1) is 13.4. The summed E-state index contributed by atoms with van der Waals surface area (Å²) in [5, 5.41) is 5.12. The van der Waals surface area contributed by atoms with Crippen LogP contribution in [-0.2, 0) is 0 Å². The molecule has 0 aliphatic carbocycles. The number of hydrogen-bond donors (Lipinski definition) is 2. The first kappa shape index (κ1) is 22.9. The third-order valence-corrected chi connectivity index (χ3v) is 3.51. The van der Waals surface area contributed by atoms with Crippen LogP contribution in [0.15, 0.2) is 34.8 Å². The Morgan fingerprint density at radius 1 is 0.897 bits per heavy atom. The number of benzene rings is 1. The Balaban J connectivity index is 2.14. The van der Waals surface area contributed by atoms with Crippen LogP contribution in [0.3, 0.4) is 0 Å². The zero-order valence-corrected chi connectivity index (χ0v) is 16.5. The number of anilines is 2. The zero-order valence-electron chi connectivity index (χ0n) is 14.1. The monoisotopic (exact) mass is 504 g/mol. The number of aromatic nitrogens is 2. The van der Waals surface area contributed by atoms with Gasteiger partial charge in [0.2, 0.25) is 17.7 Å². The van der Waals surface area contributed by atoms with Crippen molar-refractivity contribution < 1.29 is 35.8 Å². The molecule has 14 heteroatoms. The van der Waals surface area contributed by atoms with Crippen molar-refractivity contribution in [2.75, 3.05) is 23.8 Å². The topological polar surface area (TPSA) is 68.3 Å². The van der Waals surface area contributed by atoms with Gasteiger partial charge in [-0.2, -0.15) is 36.3 Å². The van der Waals surface area contributed by atoms with Crippen LogP contribution < -0.4 is 20.1 Å². The van der Waals surface area contributed by atoms with Crippen LogP contribution in [0, 0.1) is 0 Å². The lowest BCUT2D eigenvalue weighted by molar-refractivity contribution is -0.154. The summed E-state index contributed by atoms with van der Waals surface area (Å²) < 4.78 is 83.7. The van der Waals surface area contributed by atoms with Gasteiger partial charge in [-0.3, -0.25) is 0 Å². The van der Waals surface area contributed by atoms with E-state index in [2.05, 4.69) is 46.0 Å². The van der Waals surface area contributed by atoms with Gasteiger partial charge in [-0.15, -0.1) is 0 Å². The summed E-state index contributed by atoms with van der Waals surface area (Å²) in [7, 11) is 0. The third-order valence-electron chi connectivity index (χ3n) is 2.77. The number of halogens is 7. The lowest BCUT2D eigenvalue weighted by Crippen LogP contribution is -2.23. The van der Waals surface area contributed by atoms with E-state index < -0.39 is 43.3 Å². The van der Waals surface area contributed by atoms with Gasteiger partial charge in [-0.05, 0) is 36.5 Å². The van der Waals surface area contributed by atoms with Gasteiger partial charge >= 0.3 is 12.4 Å². The predicted octanol–water partition coefficient (Wildman–Crippen LogP) is 4.93. The number of thiocarbonyl (C=S) groups is 1. The second-order valence-corrected chi connectivity index (χ2v) is 6.59. The molecule has 1 heterocycles. The fraction of sp³-hybridized carbons (Fsp3) is 0.267. The highest BCUT2D eigenvalue weighted by atomic mass is 79.9. The average molecular weight is 505 g/mol. The third kappa shape index (κ3) is 9.13. The number of alkyl halides is 6. The Hall–Kier alpha value is -2.35. The number of hydrogen-bond acceptors (Lipinski definition) is 5. The maximum atomic E-state index is 12.3. The Morgan fingerprint density at radius 2 is 1.38 bits per heavy atom. The summed E-state index contributed by atoms with van der Waals surface area (Å²) >= 11 is 8.28. The summed E-state index contributed by atoms with van der Waals surface area (Å²) in [4.78, 5) is 7.27. The molecule has 0 aliphatic heterocycles. The first-order valence-electron chi connectivity index (χ1n) is 7.51. The summed E-state index contributed by atoms with van der Waals surface area (Å²) in [5.41, 5.74) is 0.559. The Kier molecular flexibility index (Phi) is 7.46. The number of rotatable bonds is 6. The van der Waals surface area contributed by atoms with Gasteiger partial charge in [-0.25, -0.2) is 0 Å². The quantitative estimate of drug-likeness (QED) is 0.427. The molecule has 0 saturated heterocycles. The minimum absolute atomic E-state index is 0.0675. The van der Waals surface area contributed by atoms with Crippen LogP contribution in [0.4, 0.5) is 38.0 Å². The molecule has 29 heavy (non-hydrogen) atoms. The van der Waals surface area contributed by atoms with Crippen LogP contribution in [0.25, 0.3) is 0 Å². The van der Waals surface area contributed by atoms with E-state index in [4.69, 9.17) is 12.2 Å². The van der Waals surface area contributed by atoms with Crippen LogP contribution in [-0.4, -0.2) is 40.6 Å². The highest BCUT2D eigenvalue weighted by Gasteiger charge is 2.30. The molecule has 0 bridgehead atoms. The van der Waals surface area contributed by atoms with Crippen molar-refractivity contribution >= 4 is 44.9 Å². The second kappa shape index (κ2) is 9.43. The Bertz CT molecular complexity index is 812. The predicted molar refractivity (Wildman–Crippen MR) is 99.1 cm³/mol. The minimum Gasteiger partial charge on any atom is -0.468 e. The van der Waals surface area contributed by atoms with Crippen molar-refractivity contribution in [3.8, 4) is 11.8 Å². The van der Waals surface area contributed by atoms with E-state index in [9.17, 15) is 26.3 Å². The molecular formula is C15H11BrF6N4O2S. The molecule has 2 rings (SSSR count). The van der Waals surface area contributed by atoms with E-state index in [1.807, 2.05) is 0 Å². The lowest BCUT2D eigenvalue weighted by atomic mass is 10.3. The molecule has 0 saturated carbocycles. The van der Waals surface area contributed by atoms with Gasteiger partial charge in [-0.1, -0.05) is 15.9 Å². The van der Waals surface area contributed by atoms with Gasteiger partial charge in [0.1, 0.15) is 0 Å². The van der Waals surface area contributed by atoms with Crippen molar-refractivity contribution in [3.63, 3.8) is 0 Å². The molecule has 0 unspecified atom stereocenters. The first-order valence-corrected chi connectivity index (χ1v) is 8.71. The second-order valence-electron chi connectivity index (χ2n) is 5.26. The van der Waals surface area contributed by atoms with Crippen LogP contribution in [0.1, 0.15) is 0 Å². The SMILES string of the molecule is FC(F)(F)COc1cc(OCC(F)(F)F)nc(NC(=S)Nc2ccc(Br)cc2)n1. The maximum absolute atomic E-state index is 12.3. The van der Waals surface area contributed by atoms with Crippen LogP contribution >= 0.6 is 28.1 Å². The highest BCUT2D eigenvalue weighted by Crippen LogP contribution is 2.24. The molecule has 1 aromatic carbocycles. The van der Waals surface area contributed by atoms with E-state index in [0.29, 0.717) is 11.8 Å². The van der Waals surface area contributed by atoms with Gasteiger partial charge < -0.3 is 20.1 Å². The lowest BCUT2D eigenvalue weighted by Gasteiger charge is -2.14. The van der Waals surface area contributed by atoms with Crippen LogP contribution in [0.5, 0.6) is 11.8 Å². The molecule has 2 aromatic rings. The van der Waals surface area contributed by atoms with E-state index in [-0.39, 0.29) is 5.11 Å². The molecule has 158 valence electrons. The molecule has 0 radical (unpaired) electrons. The van der Waals surface area contributed by atoms with Crippen molar-refractivity contribution in [3.05, 3.63) is 34.8 Å². The fourth-order valence-electron chi connectivity index (χ4n) is 1.72. The molecule has 0 aliphatic rings. The average Bonchev–Trinajstić information content (AvgIpc) is 2.59. The molecule has 0 fully saturated rings. The Labute approximate surface area is 173 Å². The van der Waals surface area contributed by atoms with E-state index in [1.54, 1.807) is 24.3 Å². The highest BCUT2D eigenvalue weighted by molar-refractivity contribution is 9.10. The summed E-state index contributed by atoms with van der Waals surface area (Å²) in [6, 6.07) is 7.47. The molecule has 1 aromatic heterocycles. The molecular weight excluding hydrogens is 494 g/mol. The van der Waals surface area contributed by atoms with Crippen LogP contribution in [0.2, 0.25) is 0 Å². The zero-order chi connectivity index (χ0) is 21.7. The summed E-state index contributed by atoms with van der Waals surface area (Å²) in [6.45, 7) is -3.41.